The molecule has 1 unspecified atom stereocenters. The van der Waals surface area contributed by atoms with Crippen molar-refractivity contribution in [3.63, 3.8) is 0 Å². The van der Waals surface area contributed by atoms with Gasteiger partial charge in [0.1, 0.15) is 30.4 Å². The van der Waals surface area contributed by atoms with Gasteiger partial charge in [0, 0.05) is 12.7 Å². The van der Waals surface area contributed by atoms with Gasteiger partial charge < -0.3 is 10.1 Å². The van der Waals surface area contributed by atoms with Gasteiger partial charge in [-0.3, -0.25) is 4.98 Å². The van der Waals surface area contributed by atoms with Crippen LogP contribution >= 0.6 is 11.6 Å². The summed E-state index contributed by atoms with van der Waals surface area (Å²) in [5.74, 6) is 0.684. The molecule has 1 aliphatic heterocycles. The Labute approximate surface area is 153 Å². The Hall–Kier alpha value is -2.37. The van der Waals surface area contributed by atoms with Crippen molar-refractivity contribution in [1.82, 2.24) is 10.3 Å². The molecule has 5 nitrogen and oxygen atoms in total. The van der Waals surface area contributed by atoms with Crippen LogP contribution in [0.1, 0.15) is 18.2 Å². The first kappa shape index (κ1) is 17.5. The third-order valence-corrected chi connectivity index (χ3v) is 4.52. The lowest BCUT2D eigenvalue weighted by Gasteiger charge is -2.23. The summed E-state index contributed by atoms with van der Waals surface area (Å²) >= 11 is 6.18. The minimum absolute atomic E-state index is 0.517. The number of methoxy groups -OCH3 is 1. The second-order valence-corrected chi connectivity index (χ2v) is 6.34. The van der Waals surface area contributed by atoms with Gasteiger partial charge in [-0.2, -0.15) is 4.59 Å². The second-order valence-electron chi connectivity index (χ2n) is 5.93. The summed E-state index contributed by atoms with van der Waals surface area (Å²) in [6.07, 6.45) is 5.84. The number of pyridine rings is 1. The van der Waals surface area contributed by atoms with Crippen molar-refractivity contribution in [2.24, 2.45) is 5.10 Å². The maximum Gasteiger partial charge on any atom is 0.150 e. The van der Waals surface area contributed by atoms with E-state index in [2.05, 4.69) is 23.4 Å². The van der Waals surface area contributed by atoms with E-state index in [1.807, 2.05) is 48.8 Å². The first-order chi connectivity index (χ1) is 12.1. The van der Waals surface area contributed by atoms with Crippen LogP contribution in [-0.4, -0.2) is 29.4 Å². The molecule has 2 heterocycles. The third kappa shape index (κ3) is 4.18. The fourth-order valence-electron chi connectivity index (χ4n) is 2.76. The number of hydrogen-bond donors (Lipinski definition) is 1. The van der Waals surface area contributed by atoms with Gasteiger partial charge in [-0.1, -0.05) is 28.8 Å². The van der Waals surface area contributed by atoms with Gasteiger partial charge in [0.15, 0.2) is 6.54 Å². The SMILES string of the molecule is CC[N+]1(Cc2ccccn2)C=C(NCc2ccc(OC)c(Cl)c2)C=N1. The highest BCUT2D eigenvalue weighted by molar-refractivity contribution is 6.32. The fraction of sp³-hybridized carbons (Fsp3) is 0.263. The Morgan fingerprint density at radius 2 is 2.12 bits per heavy atom. The summed E-state index contributed by atoms with van der Waals surface area (Å²) in [5.41, 5.74) is 3.12. The van der Waals surface area contributed by atoms with Crippen LogP contribution < -0.4 is 10.1 Å². The van der Waals surface area contributed by atoms with Gasteiger partial charge in [-0.15, -0.1) is 0 Å². The molecule has 0 fully saturated rings. The summed E-state index contributed by atoms with van der Waals surface area (Å²) in [6.45, 7) is 4.41. The molecule has 1 N–H and O–H groups in total. The summed E-state index contributed by atoms with van der Waals surface area (Å²) in [4.78, 5) is 4.41. The molecule has 1 aromatic heterocycles. The molecule has 0 spiro atoms. The van der Waals surface area contributed by atoms with Crippen LogP contribution in [0.3, 0.4) is 0 Å². The molecule has 130 valence electrons. The van der Waals surface area contributed by atoms with Crippen molar-refractivity contribution in [1.29, 1.82) is 0 Å². The summed E-state index contributed by atoms with van der Waals surface area (Å²) < 4.78 is 5.70. The van der Waals surface area contributed by atoms with E-state index in [1.165, 1.54) is 0 Å². The van der Waals surface area contributed by atoms with Gasteiger partial charge in [0.05, 0.1) is 17.8 Å². The standard InChI is InChI=1S/C19H22ClN4O/c1-3-24(13-16-6-4-5-9-21-16)14-17(12-23-24)22-11-15-7-8-19(25-2)18(20)10-15/h4-10,12,14,22H,3,11,13H2,1-2H3/q+1. The van der Waals surface area contributed by atoms with Gasteiger partial charge in [0.25, 0.3) is 0 Å². The average molecular weight is 358 g/mol. The van der Waals surface area contributed by atoms with Crippen LogP contribution in [-0.2, 0) is 13.1 Å². The molecule has 0 bridgehead atoms. The largest absolute Gasteiger partial charge is 0.495 e. The summed E-state index contributed by atoms with van der Waals surface area (Å²) in [5, 5.41) is 8.72. The minimum atomic E-state index is 0.517. The maximum absolute atomic E-state index is 6.18. The molecular weight excluding hydrogens is 336 g/mol. The number of hydrogen-bond acceptors (Lipinski definition) is 4. The zero-order chi connectivity index (χ0) is 17.7. The van der Waals surface area contributed by atoms with Crippen molar-refractivity contribution in [2.45, 2.75) is 20.0 Å². The van der Waals surface area contributed by atoms with E-state index >= 15 is 0 Å². The van der Waals surface area contributed by atoms with Crippen molar-refractivity contribution in [3.8, 4) is 5.75 Å². The van der Waals surface area contributed by atoms with Gasteiger partial charge in [-0.25, -0.2) is 0 Å². The second kappa shape index (κ2) is 7.68. The molecule has 3 rings (SSSR count). The van der Waals surface area contributed by atoms with Crippen LogP contribution in [0, 0.1) is 0 Å². The molecule has 0 saturated carbocycles. The predicted octanol–water partition coefficient (Wildman–Crippen LogP) is 3.71. The van der Waals surface area contributed by atoms with E-state index in [9.17, 15) is 0 Å². The molecular formula is C19H22ClN4O+. The molecule has 1 aromatic carbocycles. The predicted molar refractivity (Wildman–Crippen MR) is 100 cm³/mol. The van der Waals surface area contributed by atoms with E-state index in [4.69, 9.17) is 21.4 Å². The van der Waals surface area contributed by atoms with Crippen molar-refractivity contribution < 1.29 is 9.33 Å². The lowest BCUT2D eigenvalue weighted by atomic mass is 10.2. The normalized spacial score (nSPS) is 18.9. The molecule has 1 atom stereocenters. The van der Waals surface area contributed by atoms with E-state index < -0.39 is 0 Å². The number of rotatable bonds is 7. The van der Waals surface area contributed by atoms with Crippen molar-refractivity contribution in [2.75, 3.05) is 13.7 Å². The molecule has 0 amide bonds. The van der Waals surface area contributed by atoms with Crippen LogP contribution in [0.2, 0.25) is 5.02 Å². The molecule has 6 heteroatoms. The molecule has 25 heavy (non-hydrogen) atoms. The smallest absolute Gasteiger partial charge is 0.150 e. The molecule has 2 aromatic rings. The van der Waals surface area contributed by atoms with E-state index in [0.717, 1.165) is 30.0 Å². The van der Waals surface area contributed by atoms with Crippen LogP contribution in [0.5, 0.6) is 5.75 Å². The third-order valence-electron chi connectivity index (χ3n) is 4.23. The Morgan fingerprint density at radius 3 is 2.80 bits per heavy atom. The number of halogens is 1. The number of benzene rings is 1. The summed E-state index contributed by atoms with van der Waals surface area (Å²) in [7, 11) is 1.61. The zero-order valence-corrected chi connectivity index (χ0v) is 15.2. The lowest BCUT2D eigenvalue weighted by Crippen LogP contribution is -2.35. The number of nitrogens with one attached hydrogen (secondary N) is 1. The highest BCUT2D eigenvalue weighted by Crippen LogP contribution is 2.25. The topological polar surface area (TPSA) is 46.5 Å². The van der Waals surface area contributed by atoms with Crippen LogP contribution in [0.4, 0.5) is 0 Å². The Bertz CT molecular complexity index is 791. The van der Waals surface area contributed by atoms with Crippen molar-refractivity contribution in [3.05, 3.63) is 70.8 Å². The number of nitrogens with zero attached hydrogens (tertiary/aromatic N) is 3. The quantitative estimate of drug-likeness (QED) is 0.768. The zero-order valence-electron chi connectivity index (χ0n) is 14.4. The maximum atomic E-state index is 6.18. The van der Waals surface area contributed by atoms with E-state index in [-0.39, 0.29) is 0 Å². The van der Waals surface area contributed by atoms with Crippen LogP contribution in [0.25, 0.3) is 0 Å². The molecule has 0 saturated heterocycles. The lowest BCUT2D eigenvalue weighted by molar-refractivity contribution is -0.895. The number of aromatic nitrogens is 1. The van der Waals surface area contributed by atoms with Crippen LogP contribution in [0.15, 0.2) is 59.6 Å². The highest BCUT2D eigenvalue weighted by Gasteiger charge is 2.29. The number of allylic oxidation sites excluding steroid dienone is 1. The highest BCUT2D eigenvalue weighted by atomic mass is 35.5. The average Bonchev–Trinajstić information content (AvgIpc) is 3.04. The van der Waals surface area contributed by atoms with Gasteiger partial charge in [-0.05, 0) is 36.8 Å². The minimum Gasteiger partial charge on any atom is -0.495 e. The first-order valence-electron chi connectivity index (χ1n) is 8.25. The fourth-order valence-corrected chi connectivity index (χ4v) is 3.04. The Kier molecular flexibility index (Phi) is 5.36. The first-order valence-corrected chi connectivity index (χ1v) is 8.63. The monoisotopic (exact) mass is 357 g/mol. The van der Waals surface area contributed by atoms with Gasteiger partial charge in [0.2, 0.25) is 0 Å². The van der Waals surface area contributed by atoms with E-state index in [0.29, 0.717) is 21.9 Å². The molecule has 1 aliphatic rings. The Balaban J connectivity index is 1.66. The summed E-state index contributed by atoms with van der Waals surface area (Å²) in [6, 6.07) is 11.8. The van der Waals surface area contributed by atoms with Crippen molar-refractivity contribution >= 4 is 17.8 Å². The number of quaternary nitrogens is 1. The van der Waals surface area contributed by atoms with E-state index in [1.54, 1.807) is 7.11 Å². The number of ether oxygens (including phenoxy) is 1. The Morgan fingerprint density at radius 1 is 1.24 bits per heavy atom. The van der Waals surface area contributed by atoms with Gasteiger partial charge >= 0.3 is 0 Å². The molecule has 0 aliphatic carbocycles. The molecule has 0 radical (unpaired) electrons.